The van der Waals surface area contributed by atoms with Crippen molar-refractivity contribution in [1.82, 2.24) is 18.7 Å². The van der Waals surface area contributed by atoms with Crippen LogP contribution in [-0.4, -0.2) is 26.8 Å². The average Bonchev–Trinajstić information content (AvgIpc) is 3.81. The molecule has 0 fully saturated rings. The van der Waals surface area contributed by atoms with Gasteiger partial charge in [-0.15, -0.1) is 17.5 Å². The number of hydrogen-bond acceptors (Lipinski definition) is 1. The van der Waals surface area contributed by atoms with E-state index in [1.165, 1.54) is 21.3 Å². The van der Waals surface area contributed by atoms with E-state index in [1.807, 2.05) is 6.20 Å². The molecule has 58 heavy (non-hydrogen) atoms. The van der Waals surface area contributed by atoms with E-state index in [0.717, 1.165) is 55.0 Å². The molecule has 0 aliphatic rings. The maximum absolute atomic E-state index is 5.00. The van der Waals surface area contributed by atoms with Crippen molar-refractivity contribution in [3.05, 3.63) is 212 Å². The molecule has 3 aromatic heterocycles. The Labute approximate surface area is 355 Å². The van der Waals surface area contributed by atoms with Crippen LogP contribution in [0.1, 0.15) is 26.3 Å². The van der Waals surface area contributed by atoms with E-state index < -0.39 is 8.07 Å². The Balaban J connectivity index is 0.00000436. The Morgan fingerprint density at radius 1 is 0.534 bits per heavy atom. The molecule has 0 saturated heterocycles. The van der Waals surface area contributed by atoms with Gasteiger partial charge in [-0.1, -0.05) is 135 Å². The third-order valence-electron chi connectivity index (χ3n) is 11.4. The number of hydrogen-bond donors (Lipinski definition) is 0. The van der Waals surface area contributed by atoms with Crippen molar-refractivity contribution < 1.29 is 21.1 Å². The van der Waals surface area contributed by atoms with E-state index in [9.17, 15) is 0 Å². The van der Waals surface area contributed by atoms with Crippen molar-refractivity contribution in [2.75, 3.05) is 0 Å². The zero-order valence-corrected chi connectivity index (χ0v) is 35.9. The number of imidazole rings is 1. The summed E-state index contributed by atoms with van der Waals surface area (Å²) < 4.78 is 6.85. The molecule has 0 radical (unpaired) electrons. The first-order chi connectivity index (χ1) is 27.9. The van der Waals surface area contributed by atoms with Crippen LogP contribution in [0.3, 0.4) is 0 Å². The molecule has 0 saturated carbocycles. The second-order valence-corrected chi connectivity index (χ2v) is 19.5. The average molecular weight is 945 g/mol. The molecule has 6 heteroatoms. The van der Waals surface area contributed by atoms with Crippen molar-refractivity contribution in [2.45, 2.75) is 26.2 Å². The summed E-state index contributed by atoms with van der Waals surface area (Å²) in [6.45, 7) is 6.76. The predicted octanol–water partition coefficient (Wildman–Crippen LogP) is 9.47. The number of para-hydroxylation sites is 4. The number of rotatable bonds is 7. The summed E-state index contributed by atoms with van der Waals surface area (Å²) in [5, 5.41) is 7.20. The second kappa shape index (κ2) is 15.0. The van der Waals surface area contributed by atoms with Crippen LogP contribution in [0.4, 0.5) is 0 Å². The van der Waals surface area contributed by atoms with Crippen LogP contribution >= 0.6 is 0 Å². The molecule has 284 valence electrons. The van der Waals surface area contributed by atoms with Crippen molar-refractivity contribution in [3.8, 4) is 17.2 Å². The third-order valence-corrected chi connectivity index (χ3v) is 15.9. The molecule has 3 heterocycles. The summed E-state index contributed by atoms with van der Waals surface area (Å²) in [6, 6.07) is 73.8. The van der Waals surface area contributed by atoms with Gasteiger partial charge >= 0.3 is 0 Å². The molecule has 4 nitrogen and oxygen atoms in total. The minimum absolute atomic E-state index is 0. The normalized spacial score (nSPS) is 11.9. The van der Waals surface area contributed by atoms with Crippen LogP contribution in [0.25, 0.3) is 50.0 Å². The van der Waals surface area contributed by atoms with Gasteiger partial charge in [-0.2, -0.15) is 45.3 Å². The maximum Gasteiger partial charge on any atom is 0.168 e. The quantitative estimate of drug-likeness (QED) is 0.0890. The van der Waals surface area contributed by atoms with Crippen molar-refractivity contribution in [1.29, 1.82) is 0 Å². The molecule has 0 spiro atoms. The van der Waals surface area contributed by atoms with Gasteiger partial charge in [-0.3, -0.25) is 0 Å². The van der Waals surface area contributed by atoms with Gasteiger partial charge in [0.2, 0.25) is 0 Å². The molecule has 0 atom stereocenters. The van der Waals surface area contributed by atoms with Crippen LogP contribution in [0.2, 0.25) is 0 Å². The Bertz CT molecular complexity index is 3020. The molecule has 0 N–H and O–H groups in total. The number of fused-ring (bicyclic) bond motifs is 4. The molecule has 10 aromatic rings. The fourth-order valence-corrected chi connectivity index (χ4v) is 13.1. The third kappa shape index (κ3) is 6.17. The fourth-order valence-electron chi connectivity index (χ4n) is 8.58. The summed E-state index contributed by atoms with van der Waals surface area (Å²) in [5.74, 6) is 0.897. The van der Waals surface area contributed by atoms with Gasteiger partial charge in [0.25, 0.3) is 0 Å². The van der Waals surface area contributed by atoms with E-state index in [2.05, 4.69) is 235 Å². The first-order valence-corrected chi connectivity index (χ1v) is 21.6. The first kappa shape index (κ1) is 37.4. The maximum atomic E-state index is 5.00. The van der Waals surface area contributed by atoms with Gasteiger partial charge in [0.05, 0.1) is 0 Å². The number of pyridine rings is 1. The van der Waals surface area contributed by atoms with Crippen LogP contribution in [-0.2, 0) is 26.5 Å². The van der Waals surface area contributed by atoms with Crippen LogP contribution in [0, 0.1) is 12.1 Å². The molecule has 0 unspecified atom stereocenters. The SMILES string of the molecule is CC(C)(C)c1ccnc(-n2c3[c-]c([Si](c4[c-]c(-n5[cH+]n(-c6ccccc6)c6ccccc65)ccc4)(c4ccccc4)c4ccccc4)ccc3c3ccccc32)c1.[Pt]. The Morgan fingerprint density at radius 3 is 1.79 bits per heavy atom. The number of aromatic nitrogens is 4. The van der Waals surface area contributed by atoms with Crippen molar-refractivity contribution in [2.24, 2.45) is 0 Å². The summed E-state index contributed by atoms with van der Waals surface area (Å²) in [5.41, 5.74) is 7.70. The van der Waals surface area contributed by atoms with E-state index in [1.54, 1.807) is 0 Å². The molecule has 7 aromatic carbocycles. The summed E-state index contributed by atoms with van der Waals surface area (Å²) >= 11 is 0. The smallest absolute Gasteiger partial charge is 0.168 e. The molecular formula is C52H41N4PtSi-. The summed E-state index contributed by atoms with van der Waals surface area (Å²) in [7, 11) is -3.08. The van der Waals surface area contributed by atoms with E-state index in [0.29, 0.717) is 0 Å². The van der Waals surface area contributed by atoms with Gasteiger partial charge in [0.15, 0.2) is 17.4 Å². The topological polar surface area (TPSA) is 27.7 Å². The first-order valence-electron chi connectivity index (χ1n) is 19.6. The number of benzene rings is 7. The second-order valence-electron chi connectivity index (χ2n) is 15.8. The Kier molecular flexibility index (Phi) is 9.68. The minimum atomic E-state index is -3.08. The fraction of sp³-hybridized carbons (Fsp3) is 0.0769. The molecule has 10 rings (SSSR count). The standard InChI is InChI=1S/C52H41N4Si.Pt/c1-52(2,3)38-32-33-53-51(34-38)56-47-27-14-13-26-45(47)46-31-30-44(36-50(46)56)57(41-21-9-5-10-22-41,42-23-11-6-12-24-42)43-25-17-20-40(35-43)55-37-54(39-18-7-4-8-19-39)48-28-15-16-29-49(48)55;/h4-34,37H,1-3H3;/q-1;. The molecule has 0 aliphatic carbocycles. The van der Waals surface area contributed by atoms with Gasteiger partial charge in [0, 0.05) is 50.6 Å². The van der Waals surface area contributed by atoms with Crippen molar-refractivity contribution >= 4 is 61.7 Å². The zero-order chi connectivity index (χ0) is 38.6. The van der Waals surface area contributed by atoms with Gasteiger partial charge < -0.3 is 4.57 Å². The monoisotopic (exact) mass is 944 g/mol. The van der Waals surface area contributed by atoms with Crippen molar-refractivity contribution in [3.63, 3.8) is 0 Å². The summed E-state index contributed by atoms with van der Waals surface area (Å²) in [6.07, 6.45) is 4.14. The van der Waals surface area contributed by atoms with Gasteiger partial charge in [0.1, 0.15) is 19.6 Å². The largest absolute Gasteiger partial charge is 0.319 e. The Hall–Kier alpha value is -6.13. The Morgan fingerprint density at radius 2 is 1.12 bits per heavy atom. The molecule has 0 bridgehead atoms. The van der Waals surface area contributed by atoms with E-state index in [-0.39, 0.29) is 26.5 Å². The van der Waals surface area contributed by atoms with Crippen LogP contribution in [0.5, 0.6) is 0 Å². The van der Waals surface area contributed by atoms with Crippen LogP contribution < -0.4 is 20.7 Å². The number of nitrogens with zero attached hydrogens (tertiary/aromatic N) is 4. The van der Waals surface area contributed by atoms with Crippen LogP contribution in [0.15, 0.2) is 195 Å². The molecular weight excluding hydrogens is 904 g/mol. The summed E-state index contributed by atoms with van der Waals surface area (Å²) in [4.78, 5) is 5.00. The van der Waals surface area contributed by atoms with Gasteiger partial charge in [-0.25, -0.2) is 9.55 Å². The minimum Gasteiger partial charge on any atom is -0.319 e. The van der Waals surface area contributed by atoms with Gasteiger partial charge in [-0.05, 0) is 57.1 Å². The van der Waals surface area contributed by atoms with E-state index >= 15 is 0 Å². The zero-order valence-electron chi connectivity index (χ0n) is 32.6. The molecule has 0 aliphatic heterocycles. The van der Waals surface area contributed by atoms with E-state index in [4.69, 9.17) is 4.98 Å². The molecule has 0 amide bonds. The predicted molar refractivity (Wildman–Crippen MR) is 239 cm³/mol.